The van der Waals surface area contributed by atoms with Crippen LogP contribution in [0.15, 0.2) is 0 Å². The Bertz CT molecular complexity index is 82.6. The van der Waals surface area contributed by atoms with Crippen LogP contribution in [0.5, 0.6) is 0 Å². The fourth-order valence-corrected chi connectivity index (χ4v) is 4.44. The number of hydrogen-bond donors (Lipinski definition) is 0. The molecule has 0 aromatic rings. The number of unbranched alkanes of at least 4 members (excludes halogenated alkanes) is 3. The summed E-state index contributed by atoms with van der Waals surface area (Å²) in [6, 6.07) is 0. The minimum absolute atomic E-state index is 0. The van der Waals surface area contributed by atoms with Crippen molar-refractivity contribution in [2.45, 2.75) is 59.3 Å². The molecule has 0 radical (unpaired) electrons. The molecular formula is C12H31PSSe. The zero-order valence-electron chi connectivity index (χ0n) is 10.8. The zero-order chi connectivity index (χ0) is 9.94. The molecule has 0 aromatic heterocycles. The molecule has 0 N–H and O–H groups in total. The summed E-state index contributed by atoms with van der Waals surface area (Å²) >= 11 is 0. The van der Waals surface area contributed by atoms with E-state index in [1.165, 1.54) is 38.5 Å². The maximum absolute atomic E-state index is 2.31. The van der Waals surface area contributed by atoms with Crippen LogP contribution in [0.2, 0.25) is 0 Å². The molecule has 0 aliphatic rings. The molecule has 0 unspecified atom stereocenters. The van der Waals surface area contributed by atoms with Crippen LogP contribution in [0, 0.1) is 0 Å². The first-order valence-corrected chi connectivity index (χ1v) is 7.97. The summed E-state index contributed by atoms with van der Waals surface area (Å²) in [4.78, 5) is 0. The Balaban J connectivity index is -0.000000720. The third kappa shape index (κ3) is 15.3. The van der Waals surface area contributed by atoms with Gasteiger partial charge in [0.2, 0.25) is 0 Å². The Hall–Kier alpha value is 1.30. The monoisotopic (exact) mass is 318 g/mol. The molecule has 0 aromatic carbocycles. The van der Waals surface area contributed by atoms with E-state index in [1.54, 1.807) is 18.5 Å². The quantitative estimate of drug-likeness (QED) is 0.444. The van der Waals surface area contributed by atoms with E-state index in [0.29, 0.717) is 7.92 Å². The van der Waals surface area contributed by atoms with Gasteiger partial charge < -0.3 is 0 Å². The molecule has 0 aliphatic heterocycles. The molecule has 0 saturated heterocycles. The van der Waals surface area contributed by atoms with E-state index in [2.05, 4.69) is 20.8 Å². The van der Waals surface area contributed by atoms with Crippen molar-refractivity contribution in [3.05, 3.63) is 0 Å². The van der Waals surface area contributed by atoms with Crippen LogP contribution in [-0.2, 0) is 0 Å². The number of hydrogen-bond acceptors (Lipinski definition) is 0. The fourth-order valence-electron chi connectivity index (χ4n) is 1.48. The molecule has 0 aliphatic carbocycles. The van der Waals surface area contributed by atoms with Crippen molar-refractivity contribution in [1.82, 2.24) is 0 Å². The van der Waals surface area contributed by atoms with Crippen LogP contribution in [0.4, 0.5) is 0 Å². The van der Waals surface area contributed by atoms with Gasteiger partial charge in [0.05, 0.1) is 0 Å². The molecule has 3 heteroatoms. The summed E-state index contributed by atoms with van der Waals surface area (Å²) < 4.78 is 0. The zero-order valence-corrected chi connectivity index (χ0v) is 14.8. The maximum atomic E-state index is 2.31. The van der Waals surface area contributed by atoms with Crippen molar-refractivity contribution in [3.63, 3.8) is 0 Å². The van der Waals surface area contributed by atoms with Crippen molar-refractivity contribution in [2.24, 2.45) is 0 Å². The summed E-state index contributed by atoms with van der Waals surface area (Å²) in [5.41, 5.74) is 0. The molecule has 0 nitrogen and oxygen atoms in total. The van der Waals surface area contributed by atoms with E-state index < -0.39 is 0 Å². The molecule has 96 valence electrons. The van der Waals surface area contributed by atoms with Crippen molar-refractivity contribution in [3.8, 4) is 0 Å². The molecular weight excluding hydrogens is 286 g/mol. The molecule has 0 heterocycles. The second-order valence-corrected chi connectivity index (χ2v) is 6.59. The van der Waals surface area contributed by atoms with Gasteiger partial charge in [0.1, 0.15) is 0 Å². The summed E-state index contributed by atoms with van der Waals surface area (Å²) in [6.45, 7) is 6.94. The van der Waals surface area contributed by atoms with Gasteiger partial charge in [0.15, 0.2) is 0 Å². The third-order valence-electron chi connectivity index (χ3n) is 2.48. The topological polar surface area (TPSA) is 0 Å². The minimum atomic E-state index is 0. The third-order valence-corrected chi connectivity index (χ3v) is 5.33. The summed E-state index contributed by atoms with van der Waals surface area (Å²) in [6.07, 6.45) is 13.2. The van der Waals surface area contributed by atoms with Gasteiger partial charge in [-0.05, 0) is 37.7 Å². The first-order chi connectivity index (χ1) is 6.35. The Kier molecular flexibility index (Phi) is 25.4. The summed E-state index contributed by atoms with van der Waals surface area (Å²) in [7, 11) is 0.422. The second kappa shape index (κ2) is 17.7. The summed E-state index contributed by atoms with van der Waals surface area (Å²) in [5.74, 6) is 0. The van der Waals surface area contributed by atoms with Crippen LogP contribution >= 0.6 is 21.4 Å². The average Bonchev–Trinajstić information content (AvgIpc) is 2.17. The van der Waals surface area contributed by atoms with Gasteiger partial charge in [-0.1, -0.05) is 40.0 Å². The fraction of sp³-hybridized carbons (Fsp3) is 1.00. The SMILES string of the molecule is CCCCP(CCCC)CCCC.S.[SeH2]. The average molecular weight is 317 g/mol. The Labute approximate surface area is 116 Å². The normalized spacial score (nSPS) is 9.60. The van der Waals surface area contributed by atoms with Crippen molar-refractivity contribution < 1.29 is 0 Å². The molecule has 0 saturated carbocycles. The first-order valence-electron chi connectivity index (χ1n) is 6.07. The van der Waals surface area contributed by atoms with E-state index in [4.69, 9.17) is 0 Å². The van der Waals surface area contributed by atoms with Gasteiger partial charge in [-0.25, -0.2) is 0 Å². The van der Waals surface area contributed by atoms with E-state index in [-0.39, 0.29) is 30.6 Å². The molecule has 0 atom stereocenters. The Morgan fingerprint density at radius 2 is 0.933 bits per heavy atom. The van der Waals surface area contributed by atoms with Gasteiger partial charge >= 0.3 is 17.1 Å². The van der Waals surface area contributed by atoms with E-state index >= 15 is 0 Å². The predicted molar refractivity (Wildman–Crippen MR) is 85.2 cm³/mol. The van der Waals surface area contributed by atoms with Gasteiger partial charge in [-0.3, -0.25) is 0 Å². The van der Waals surface area contributed by atoms with Gasteiger partial charge in [-0.15, -0.1) is 7.92 Å². The van der Waals surface area contributed by atoms with E-state index in [0.717, 1.165) is 0 Å². The van der Waals surface area contributed by atoms with Crippen LogP contribution in [0.25, 0.3) is 0 Å². The standard InChI is InChI=1S/C12H27P.H2S.H2Se/c1-4-7-10-13(11-8-5-2)12-9-6-3;;/h4-12H2,1-3H3;2*1H2. The second-order valence-electron chi connectivity index (χ2n) is 3.90. The molecule has 0 spiro atoms. The first kappa shape index (κ1) is 21.6. The predicted octanol–water partition coefficient (Wildman–Crippen LogP) is 4.07. The van der Waals surface area contributed by atoms with Gasteiger partial charge in [0.25, 0.3) is 0 Å². The molecule has 0 amide bonds. The van der Waals surface area contributed by atoms with Crippen LogP contribution in [0.3, 0.4) is 0 Å². The van der Waals surface area contributed by atoms with E-state index in [9.17, 15) is 0 Å². The van der Waals surface area contributed by atoms with Crippen molar-refractivity contribution in [2.75, 3.05) is 18.5 Å². The van der Waals surface area contributed by atoms with Crippen molar-refractivity contribution in [1.29, 1.82) is 0 Å². The van der Waals surface area contributed by atoms with Crippen LogP contribution in [0.1, 0.15) is 59.3 Å². The number of rotatable bonds is 9. The Morgan fingerprint density at radius 3 is 1.13 bits per heavy atom. The van der Waals surface area contributed by atoms with E-state index in [1.807, 2.05) is 0 Å². The van der Waals surface area contributed by atoms with Crippen LogP contribution < -0.4 is 0 Å². The molecule has 0 fully saturated rings. The Morgan fingerprint density at radius 1 is 0.667 bits per heavy atom. The molecule has 15 heavy (non-hydrogen) atoms. The van der Waals surface area contributed by atoms with Gasteiger partial charge in [-0.2, -0.15) is 13.5 Å². The molecule has 0 rings (SSSR count). The van der Waals surface area contributed by atoms with Crippen LogP contribution in [-0.4, -0.2) is 35.6 Å². The van der Waals surface area contributed by atoms with Crippen molar-refractivity contribution >= 4 is 38.5 Å². The molecule has 0 bridgehead atoms. The summed E-state index contributed by atoms with van der Waals surface area (Å²) in [5, 5.41) is 0. The van der Waals surface area contributed by atoms with Gasteiger partial charge in [0, 0.05) is 0 Å².